The summed E-state index contributed by atoms with van der Waals surface area (Å²) < 4.78 is 22.9. The highest BCUT2D eigenvalue weighted by Crippen LogP contribution is 2.39. The van der Waals surface area contributed by atoms with Crippen LogP contribution in [-0.4, -0.2) is 38.6 Å². The number of nitrogens with zero attached hydrogens (tertiary/aromatic N) is 2. The lowest BCUT2D eigenvalue weighted by atomic mass is 9.84. The summed E-state index contributed by atoms with van der Waals surface area (Å²) in [6, 6.07) is 11.6. The Hall–Kier alpha value is -2.39. The van der Waals surface area contributed by atoms with Gasteiger partial charge in [0.15, 0.2) is 16.3 Å². The summed E-state index contributed by atoms with van der Waals surface area (Å²) in [4.78, 5) is 19.9. The van der Waals surface area contributed by atoms with Crippen molar-refractivity contribution in [1.82, 2.24) is 9.88 Å². The monoisotopic (exact) mass is 499 g/mol. The van der Waals surface area contributed by atoms with E-state index in [-0.39, 0.29) is 11.8 Å². The Morgan fingerprint density at radius 2 is 1.68 bits per heavy atom. The van der Waals surface area contributed by atoms with Gasteiger partial charge in [-0.25, -0.2) is 9.19 Å². The molecule has 34 heavy (non-hydrogen) atoms. The fraction of sp³-hybridized carbons (Fsp3) is 0.385. The maximum absolute atomic E-state index is 13.4. The molecule has 0 saturated heterocycles. The second-order valence-corrected chi connectivity index (χ2v) is 11.1. The van der Waals surface area contributed by atoms with Gasteiger partial charge in [-0.3, -0.25) is 4.79 Å². The Balaban J connectivity index is 2.04. The smallest absolute Gasteiger partial charge is 0.247 e. The van der Waals surface area contributed by atoms with Gasteiger partial charge < -0.3 is 14.8 Å². The van der Waals surface area contributed by atoms with E-state index in [1.54, 1.807) is 5.51 Å². The number of aromatic nitrogens is 1. The molecule has 0 radical (unpaired) electrons. The molecule has 2 unspecified atom stereocenters. The Labute approximate surface area is 208 Å². The van der Waals surface area contributed by atoms with Crippen molar-refractivity contribution in [3.8, 4) is 11.3 Å². The first kappa shape index (κ1) is 26.2. The maximum Gasteiger partial charge on any atom is 0.247 e. The van der Waals surface area contributed by atoms with E-state index in [9.17, 15) is 13.6 Å². The summed E-state index contributed by atoms with van der Waals surface area (Å²) >= 11 is -0.878. The van der Waals surface area contributed by atoms with Crippen LogP contribution in [0.4, 0.5) is 5.69 Å². The molecule has 3 aromatic rings. The van der Waals surface area contributed by atoms with Crippen LogP contribution in [0.25, 0.3) is 11.3 Å². The normalized spacial score (nSPS) is 13.5. The van der Waals surface area contributed by atoms with Gasteiger partial charge in [0.1, 0.15) is 0 Å². The lowest BCUT2D eigenvalue weighted by Gasteiger charge is -2.25. The van der Waals surface area contributed by atoms with Crippen molar-refractivity contribution in [1.29, 1.82) is 0 Å². The quantitative estimate of drug-likeness (QED) is 0.352. The highest BCUT2D eigenvalue weighted by Gasteiger charge is 2.33. The van der Waals surface area contributed by atoms with Crippen molar-refractivity contribution >= 4 is 34.0 Å². The van der Waals surface area contributed by atoms with E-state index in [0.29, 0.717) is 11.3 Å². The molecule has 0 aliphatic carbocycles. The molecule has 0 bridgehead atoms. The number of amides is 1. The van der Waals surface area contributed by atoms with Crippen LogP contribution in [0.1, 0.15) is 67.0 Å². The minimum Gasteiger partial charge on any atom is -0.325 e. The highest BCUT2D eigenvalue weighted by molar-refractivity contribution is 7.80. The van der Waals surface area contributed by atoms with E-state index < -0.39 is 22.2 Å². The lowest BCUT2D eigenvalue weighted by Crippen LogP contribution is -2.27. The predicted molar refractivity (Wildman–Crippen MR) is 142 cm³/mol. The molecule has 2 aromatic carbocycles. The summed E-state index contributed by atoms with van der Waals surface area (Å²) in [6.07, 6.45) is 0. The Morgan fingerprint density at radius 1 is 1.09 bits per heavy atom. The predicted octanol–water partition coefficient (Wildman–Crippen LogP) is 6.02. The van der Waals surface area contributed by atoms with Crippen LogP contribution in [0.15, 0.2) is 47.3 Å². The van der Waals surface area contributed by atoms with Gasteiger partial charge in [0.05, 0.1) is 11.2 Å². The summed E-state index contributed by atoms with van der Waals surface area (Å²) in [5.74, 6) is -0.392. The molecule has 1 amide bonds. The minimum atomic E-state index is -2.40. The molecule has 1 aromatic heterocycles. The van der Waals surface area contributed by atoms with Crippen LogP contribution >= 0.6 is 11.3 Å². The number of thiazole rings is 1. The zero-order valence-corrected chi connectivity index (χ0v) is 22.2. The molecule has 2 N–H and O–H groups in total. The van der Waals surface area contributed by atoms with Crippen LogP contribution in [-0.2, 0) is 22.4 Å². The first-order valence-electron chi connectivity index (χ1n) is 11.3. The zero-order chi connectivity index (χ0) is 25.0. The topological polar surface area (TPSA) is 82.5 Å². The van der Waals surface area contributed by atoms with Crippen LogP contribution in [0.5, 0.6) is 0 Å². The number of rotatable bonds is 9. The van der Waals surface area contributed by atoms with Crippen molar-refractivity contribution in [3.05, 3.63) is 69.5 Å². The Morgan fingerprint density at radius 3 is 2.12 bits per heavy atom. The number of carbonyl (C=O) groups excluding carboxylic acids is 1. The lowest BCUT2D eigenvalue weighted by molar-refractivity contribution is -0.116. The summed E-state index contributed by atoms with van der Waals surface area (Å²) in [7, 11) is 3.99. The number of carbonyl (C=O) groups is 1. The molecule has 0 aliphatic heterocycles. The van der Waals surface area contributed by atoms with Crippen LogP contribution in [0.3, 0.4) is 0 Å². The average molecular weight is 500 g/mol. The van der Waals surface area contributed by atoms with Crippen molar-refractivity contribution in [2.24, 2.45) is 0 Å². The fourth-order valence-corrected chi connectivity index (χ4v) is 5.33. The standard InChI is InChI=1S/C26H33N3O3S2/c1-16(2)21-11-19(23-14-33-15-27-23)12-22(17(3)4)24(21)25(34(31)32)26(30)28-20-9-7-18(8-10-20)13-29(5)6/h7-12,14-17,25H,13H2,1-6H3,(H,28,30)(H,31,32). The van der Waals surface area contributed by atoms with E-state index in [1.807, 2.05) is 83.6 Å². The molecule has 0 aliphatic rings. The molecule has 0 fully saturated rings. The fourth-order valence-electron chi connectivity index (χ4n) is 4.05. The van der Waals surface area contributed by atoms with Gasteiger partial charge in [0, 0.05) is 23.2 Å². The Kier molecular flexibility index (Phi) is 8.76. The molecule has 3 rings (SSSR count). The van der Waals surface area contributed by atoms with E-state index in [4.69, 9.17) is 0 Å². The van der Waals surface area contributed by atoms with Crippen LogP contribution in [0, 0.1) is 0 Å². The van der Waals surface area contributed by atoms with E-state index >= 15 is 0 Å². The summed E-state index contributed by atoms with van der Waals surface area (Å²) in [5, 5.41) is 3.64. The first-order valence-corrected chi connectivity index (χ1v) is 13.4. The summed E-state index contributed by atoms with van der Waals surface area (Å²) in [5.41, 5.74) is 7.73. The highest BCUT2D eigenvalue weighted by atomic mass is 32.2. The first-order chi connectivity index (χ1) is 16.1. The summed E-state index contributed by atoms with van der Waals surface area (Å²) in [6.45, 7) is 8.93. The molecule has 182 valence electrons. The third-order valence-electron chi connectivity index (χ3n) is 5.64. The molecule has 0 spiro atoms. The van der Waals surface area contributed by atoms with Gasteiger partial charge in [0.2, 0.25) is 5.91 Å². The zero-order valence-electron chi connectivity index (χ0n) is 20.5. The minimum absolute atomic E-state index is 0.0512. The van der Waals surface area contributed by atoms with Crippen LogP contribution < -0.4 is 5.32 Å². The molecule has 1 heterocycles. The Bertz CT molecular complexity index is 1110. The second-order valence-electron chi connectivity index (χ2n) is 9.33. The van der Waals surface area contributed by atoms with Crippen LogP contribution in [0.2, 0.25) is 0 Å². The number of hydrogen-bond acceptors (Lipinski definition) is 5. The van der Waals surface area contributed by atoms with Crippen molar-refractivity contribution < 1.29 is 13.6 Å². The third kappa shape index (κ3) is 6.18. The van der Waals surface area contributed by atoms with Gasteiger partial charge in [-0.15, -0.1) is 11.3 Å². The third-order valence-corrected chi connectivity index (χ3v) is 7.08. The van der Waals surface area contributed by atoms with E-state index in [2.05, 4.69) is 15.2 Å². The van der Waals surface area contributed by atoms with Gasteiger partial charge in [-0.2, -0.15) is 0 Å². The average Bonchev–Trinajstić information content (AvgIpc) is 3.29. The molecule has 0 saturated carbocycles. The van der Waals surface area contributed by atoms with Crippen molar-refractivity contribution in [2.45, 2.75) is 51.3 Å². The molecule has 2 atom stereocenters. The molecule has 8 heteroatoms. The number of hydrogen-bond donors (Lipinski definition) is 2. The number of anilines is 1. The number of nitrogens with one attached hydrogen (secondary N) is 1. The number of benzene rings is 2. The second kappa shape index (κ2) is 11.4. The van der Waals surface area contributed by atoms with Gasteiger partial charge in [0.25, 0.3) is 0 Å². The van der Waals surface area contributed by atoms with Gasteiger partial charge in [-0.05, 0) is 72.5 Å². The van der Waals surface area contributed by atoms with Crippen molar-refractivity contribution in [3.63, 3.8) is 0 Å². The van der Waals surface area contributed by atoms with E-state index in [0.717, 1.165) is 34.5 Å². The van der Waals surface area contributed by atoms with Gasteiger partial charge >= 0.3 is 0 Å². The largest absolute Gasteiger partial charge is 0.325 e. The SMILES string of the molecule is CC(C)c1cc(-c2cscn2)cc(C(C)C)c1C(C(=O)Nc1ccc(CN(C)C)cc1)S(=O)O. The molecular weight excluding hydrogens is 466 g/mol. The van der Waals surface area contributed by atoms with Crippen molar-refractivity contribution in [2.75, 3.05) is 19.4 Å². The van der Waals surface area contributed by atoms with E-state index in [1.165, 1.54) is 11.3 Å². The molecule has 6 nitrogen and oxygen atoms in total. The molecular formula is C26H33N3O3S2. The van der Waals surface area contributed by atoms with Gasteiger partial charge in [-0.1, -0.05) is 39.8 Å². The maximum atomic E-state index is 13.4.